The summed E-state index contributed by atoms with van der Waals surface area (Å²) >= 11 is 16.6. The molecule has 72 valence electrons. The van der Waals surface area contributed by atoms with E-state index in [1.54, 1.807) is 0 Å². The molecule has 0 N–H and O–H groups in total. The van der Waals surface area contributed by atoms with Crippen LogP contribution in [-0.2, 0) is 11.8 Å². The van der Waals surface area contributed by atoms with Crippen LogP contribution in [-0.4, -0.2) is 6.61 Å². The number of rotatable bonds is 3. The first-order valence-corrected chi connectivity index (χ1v) is 8.38. The van der Waals surface area contributed by atoms with Gasteiger partial charge in [-0.25, -0.2) is 0 Å². The van der Waals surface area contributed by atoms with Crippen molar-refractivity contribution in [3.8, 4) is 5.75 Å². The normalized spacial score (nSPS) is 11.3. The van der Waals surface area contributed by atoms with E-state index in [2.05, 4.69) is 0 Å². The number of halogens is 2. The van der Waals surface area contributed by atoms with Gasteiger partial charge in [-0.3, -0.25) is 0 Å². The van der Waals surface area contributed by atoms with E-state index in [1.165, 1.54) is 0 Å². The van der Waals surface area contributed by atoms with Gasteiger partial charge in [-0.05, 0) is 31.2 Å². The third kappa shape index (κ3) is 3.47. The van der Waals surface area contributed by atoms with Gasteiger partial charge in [-0.15, -0.1) is 0 Å². The third-order valence-corrected chi connectivity index (χ3v) is 4.15. The topological polar surface area (TPSA) is 9.23 Å². The molecule has 0 spiro atoms. The van der Waals surface area contributed by atoms with Crippen LogP contribution in [0.4, 0.5) is 0 Å². The molecule has 5 heteroatoms. The number of hydrogen-bond donors (Lipinski definition) is 0. The standard InChI is InChI=1S/C8H9Cl2OPS/c1-2-11-7-3-5-8(6-4-7)12(9,10)13/h3-6H,2H2,1H3. The number of benzene rings is 1. The van der Waals surface area contributed by atoms with Crippen molar-refractivity contribution in [2.75, 3.05) is 6.61 Å². The molecule has 0 bridgehead atoms. The zero-order valence-corrected chi connectivity index (χ0v) is 10.3. The summed E-state index contributed by atoms with van der Waals surface area (Å²) in [6.07, 6.45) is 0. The van der Waals surface area contributed by atoms with Crippen molar-refractivity contribution in [1.82, 2.24) is 0 Å². The van der Waals surface area contributed by atoms with E-state index in [0.29, 0.717) is 6.61 Å². The highest BCUT2D eigenvalue weighted by atomic mass is 35.9. The third-order valence-electron chi connectivity index (χ3n) is 1.45. The minimum absolute atomic E-state index is 0.648. The highest BCUT2D eigenvalue weighted by Crippen LogP contribution is 2.55. The molecule has 0 unspecified atom stereocenters. The van der Waals surface area contributed by atoms with Crippen LogP contribution in [0, 0.1) is 0 Å². The van der Waals surface area contributed by atoms with E-state index in [9.17, 15) is 0 Å². The van der Waals surface area contributed by atoms with E-state index in [1.807, 2.05) is 31.2 Å². The molecule has 0 saturated carbocycles. The maximum Gasteiger partial charge on any atom is 0.147 e. The lowest BCUT2D eigenvalue weighted by Crippen LogP contribution is -1.97. The Morgan fingerprint density at radius 1 is 1.31 bits per heavy atom. The lowest BCUT2D eigenvalue weighted by Gasteiger charge is -2.07. The van der Waals surface area contributed by atoms with Crippen LogP contribution in [0.3, 0.4) is 0 Å². The first-order valence-electron chi connectivity index (χ1n) is 3.77. The van der Waals surface area contributed by atoms with Crippen molar-refractivity contribution in [1.29, 1.82) is 0 Å². The number of hydrogen-bond acceptors (Lipinski definition) is 2. The van der Waals surface area contributed by atoms with Crippen LogP contribution >= 0.6 is 27.2 Å². The highest BCUT2D eigenvalue weighted by Gasteiger charge is 2.11. The van der Waals surface area contributed by atoms with Crippen LogP contribution in [0.2, 0.25) is 0 Å². The molecule has 13 heavy (non-hydrogen) atoms. The van der Waals surface area contributed by atoms with Gasteiger partial charge in [0.25, 0.3) is 0 Å². The molecule has 0 aliphatic carbocycles. The summed E-state index contributed by atoms with van der Waals surface area (Å²) in [6.45, 7) is 2.58. The van der Waals surface area contributed by atoms with Crippen molar-refractivity contribution in [3.63, 3.8) is 0 Å². The second-order valence-electron chi connectivity index (χ2n) is 2.39. The lowest BCUT2D eigenvalue weighted by molar-refractivity contribution is 0.340. The van der Waals surface area contributed by atoms with E-state index in [-0.39, 0.29) is 0 Å². The van der Waals surface area contributed by atoms with Gasteiger partial charge in [-0.2, -0.15) is 0 Å². The Bertz CT molecular complexity index is 319. The fourth-order valence-corrected chi connectivity index (χ4v) is 2.42. The Morgan fingerprint density at radius 3 is 2.23 bits per heavy atom. The summed E-state index contributed by atoms with van der Waals surface area (Å²) in [7, 11) is 0. The van der Waals surface area contributed by atoms with Gasteiger partial charge < -0.3 is 4.74 Å². The Labute approximate surface area is 92.6 Å². The summed E-state index contributed by atoms with van der Waals surface area (Å²) in [6, 6.07) is 7.27. The zero-order chi connectivity index (χ0) is 9.90. The molecule has 0 atom stereocenters. The van der Waals surface area contributed by atoms with Gasteiger partial charge >= 0.3 is 0 Å². The van der Waals surface area contributed by atoms with Crippen molar-refractivity contribution >= 4 is 44.3 Å². The van der Waals surface area contributed by atoms with E-state index < -0.39 is 4.74 Å². The largest absolute Gasteiger partial charge is 0.494 e. The molecule has 0 saturated heterocycles. The monoisotopic (exact) mass is 254 g/mol. The lowest BCUT2D eigenvalue weighted by atomic mass is 10.3. The van der Waals surface area contributed by atoms with Gasteiger partial charge in [0.05, 0.1) is 6.61 Å². The van der Waals surface area contributed by atoms with Crippen molar-refractivity contribution in [3.05, 3.63) is 24.3 Å². The van der Waals surface area contributed by atoms with Crippen LogP contribution in [0.25, 0.3) is 0 Å². The summed E-state index contributed by atoms with van der Waals surface area (Å²) in [5, 5.41) is 0.800. The molecule has 1 rings (SSSR count). The Hall–Kier alpha value is 0.250. The van der Waals surface area contributed by atoms with Crippen LogP contribution < -0.4 is 10.0 Å². The Morgan fingerprint density at radius 2 is 1.85 bits per heavy atom. The molecular weight excluding hydrogens is 246 g/mol. The quantitative estimate of drug-likeness (QED) is 0.764. The molecule has 0 aliphatic heterocycles. The predicted octanol–water partition coefficient (Wildman–Crippen LogP) is 3.50. The van der Waals surface area contributed by atoms with Gasteiger partial charge in [-0.1, -0.05) is 34.3 Å². The average molecular weight is 255 g/mol. The van der Waals surface area contributed by atoms with Crippen molar-refractivity contribution in [2.24, 2.45) is 0 Å². The molecule has 0 aromatic heterocycles. The van der Waals surface area contributed by atoms with Crippen LogP contribution in [0.1, 0.15) is 6.92 Å². The number of ether oxygens (including phenoxy) is 1. The Balaban J connectivity index is 2.88. The fraction of sp³-hybridized carbons (Fsp3) is 0.250. The maximum absolute atomic E-state index is 5.84. The van der Waals surface area contributed by atoms with E-state index >= 15 is 0 Å². The predicted molar refractivity (Wildman–Crippen MR) is 63.2 cm³/mol. The van der Waals surface area contributed by atoms with Crippen molar-refractivity contribution in [2.45, 2.75) is 6.92 Å². The first kappa shape index (κ1) is 11.3. The summed E-state index contributed by atoms with van der Waals surface area (Å²) < 4.78 is 2.93. The van der Waals surface area contributed by atoms with Gasteiger partial charge in [0.1, 0.15) is 10.5 Å². The summed E-state index contributed by atoms with van der Waals surface area (Å²) in [4.78, 5) is 0. The molecule has 0 amide bonds. The zero-order valence-electron chi connectivity index (χ0n) is 7.04. The van der Waals surface area contributed by atoms with Gasteiger partial charge in [0.15, 0.2) is 0 Å². The second-order valence-corrected chi connectivity index (χ2v) is 10.2. The summed E-state index contributed by atoms with van der Waals surface area (Å²) in [5.41, 5.74) is 0. The minimum atomic E-state index is -2.33. The first-order chi connectivity index (χ1) is 6.04. The maximum atomic E-state index is 5.84. The van der Waals surface area contributed by atoms with Crippen molar-refractivity contribution < 1.29 is 4.74 Å². The molecule has 0 fully saturated rings. The Kier molecular flexibility index (Phi) is 4.06. The molecule has 1 nitrogen and oxygen atoms in total. The summed E-state index contributed by atoms with van der Waals surface area (Å²) in [5.74, 6) is 0.808. The average Bonchev–Trinajstić information content (AvgIpc) is 2.04. The fourth-order valence-electron chi connectivity index (χ4n) is 0.883. The van der Waals surface area contributed by atoms with Gasteiger partial charge in [0.2, 0.25) is 0 Å². The molecule has 0 aliphatic rings. The van der Waals surface area contributed by atoms with Gasteiger partial charge in [0, 0.05) is 5.30 Å². The SMILES string of the molecule is CCOc1ccc(P(=S)(Cl)Cl)cc1. The van der Waals surface area contributed by atoms with Crippen LogP contribution in [0.15, 0.2) is 24.3 Å². The van der Waals surface area contributed by atoms with E-state index in [0.717, 1.165) is 11.1 Å². The smallest absolute Gasteiger partial charge is 0.147 e. The molecule has 1 aromatic carbocycles. The molecule has 1 aromatic rings. The molecular formula is C8H9Cl2OPS. The van der Waals surface area contributed by atoms with E-state index in [4.69, 9.17) is 39.0 Å². The van der Waals surface area contributed by atoms with Crippen LogP contribution in [0.5, 0.6) is 5.75 Å². The molecule has 0 radical (unpaired) electrons. The second kappa shape index (κ2) is 4.65. The molecule has 0 heterocycles. The minimum Gasteiger partial charge on any atom is -0.494 e. The highest BCUT2D eigenvalue weighted by molar-refractivity contribution is 8.42.